The fourth-order valence-corrected chi connectivity index (χ4v) is 2.89. The van der Waals surface area contributed by atoms with E-state index < -0.39 is 6.67 Å². The lowest BCUT2D eigenvalue weighted by Gasteiger charge is -2.09. The van der Waals surface area contributed by atoms with Gasteiger partial charge in [-0.3, -0.25) is 9.55 Å². The van der Waals surface area contributed by atoms with Crippen molar-refractivity contribution in [2.75, 3.05) is 13.2 Å². The van der Waals surface area contributed by atoms with Gasteiger partial charge in [0.2, 0.25) is 0 Å². The van der Waals surface area contributed by atoms with Crippen molar-refractivity contribution < 1.29 is 13.9 Å². The number of nitrogens with zero attached hydrogens (tertiary/aromatic N) is 2. The van der Waals surface area contributed by atoms with Gasteiger partial charge in [-0.05, 0) is 42.5 Å². The highest BCUT2D eigenvalue weighted by Gasteiger charge is 2.10. The van der Waals surface area contributed by atoms with Crippen LogP contribution >= 0.6 is 0 Å². The zero-order valence-corrected chi connectivity index (χ0v) is 13.9. The van der Waals surface area contributed by atoms with Crippen molar-refractivity contribution in [3.8, 4) is 11.5 Å². The third-order valence-electron chi connectivity index (χ3n) is 4.09. The number of rotatable bonds is 4. The van der Waals surface area contributed by atoms with Crippen LogP contribution in [0, 0.1) is 0 Å². The molecule has 6 heteroatoms. The molecule has 0 atom stereocenters. The summed E-state index contributed by atoms with van der Waals surface area (Å²) in [5.74, 6) is 1.38. The maximum atomic E-state index is 12.2. The third-order valence-corrected chi connectivity index (χ3v) is 4.09. The molecule has 0 unspecified atom stereocenters. The number of aromatic nitrogens is 2. The first kappa shape index (κ1) is 16.1. The first-order valence-electron chi connectivity index (χ1n) is 8.23. The topological polar surface area (TPSA) is 56.2 Å². The van der Waals surface area contributed by atoms with E-state index in [1.807, 2.05) is 48.5 Å². The number of alkyl halides is 1. The van der Waals surface area contributed by atoms with E-state index in [4.69, 9.17) is 4.74 Å². The number of carbonyl (C=O) groups excluding carboxylic acids is 1. The number of nitrogens with one attached hydrogen (secondary N) is 1. The first-order valence-corrected chi connectivity index (χ1v) is 8.23. The lowest BCUT2D eigenvalue weighted by Crippen LogP contribution is -2.29. The number of fused-ring (bicyclic) bond motifs is 2. The quantitative estimate of drug-likeness (QED) is 0.590. The molecule has 0 saturated heterocycles. The van der Waals surface area contributed by atoms with E-state index in [-0.39, 0.29) is 12.6 Å². The molecule has 0 aliphatic heterocycles. The molecule has 4 rings (SSSR count). The lowest BCUT2D eigenvalue weighted by atomic mass is 10.2. The molecule has 0 bridgehead atoms. The Bertz CT molecular complexity index is 1090. The number of halogens is 1. The van der Waals surface area contributed by atoms with Gasteiger partial charge in [0.15, 0.2) is 0 Å². The van der Waals surface area contributed by atoms with E-state index in [2.05, 4.69) is 10.3 Å². The molecule has 5 nitrogen and oxygen atoms in total. The van der Waals surface area contributed by atoms with E-state index in [1.165, 1.54) is 4.57 Å². The standard InChI is InChI=1S/C20H16FN3O2/c21-9-11-23-20(25)24-12-8-14-13-15(5-6-18(14)24)26-19-7-10-22-17-4-2-1-3-16(17)19/h1-8,10,12-13H,9,11H2,(H,23,25). The van der Waals surface area contributed by atoms with Gasteiger partial charge in [-0.2, -0.15) is 0 Å². The summed E-state index contributed by atoms with van der Waals surface area (Å²) in [5.41, 5.74) is 1.59. The number of hydrogen-bond donors (Lipinski definition) is 1. The second-order valence-electron chi connectivity index (χ2n) is 5.76. The molecule has 1 N–H and O–H groups in total. The summed E-state index contributed by atoms with van der Waals surface area (Å²) < 4.78 is 19.7. The average molecular weight is 349 g/mol. The number of pyridine rings is 1. The smallest absolute Gasteiger partial charge is 0.326 e. The molecule has 130 valence electrons. The Labute approximate surface area is 149 Å². The Morgan fingerprint density at radius 3 is 2.92 bits per heavy atom. The van der Waals surface area contributed by atoms with Gasteiger partial charge >= 0.3 is 6.03 Å². The zero-order chi connectivity index (χ0) is 17.9. The summed E-state index contributed by atoms with van der Waals surface area (Å²) >= 11 is 0. The molecule has 0 spiro atoms. The van der Waals surface area contributed by atoms with Gasteiger partial charge < -0.3 is 10.1 Å². The second kappa shape index (κ2) is 6.84. The Kier molecular flexibility index (Phi) is 4.23. The number of ether oxygens (including phenoxy) is 1. The first-order chi connectivity index (χ1) is 12.8. The minimum atomic E-state index is -0.594. The molecule has 0 radical (unpaired) electrons. The van der Waals surface area contributed by atoms with Crippen LogP contribution in [-0.4, -0.2) is 28.8 Å². The van der Waals surface area contributed by atoms with E-state index >= 15 is 0 Å². The van der Waals surface area contributed by atoms with Crippen LogP contribution in [0.1, 0.15) is 0 Å². The number of hydrogen-bond acceptors (Lipinski definition) is 3. The van der Waals surface area contributed by atoms with Gasteiger partial charge in [0.1, 0.15) is 18.2 Å². The molecule has 4 aromatic rings. The summed E-state index contributed by atoms with van der Waals surface area (Å²) in [7, 11) is 0. The summed E-state index contributed by atoms with van der Waals surface area (Å²) in [4.78, 5) is 16.4. The number of carbonyl (C=O) groups is 1. The van der Waals surface area contributed by atoms with Crippen molar-refractivity contribution in [2.24, 2.45) is 0 Å². The summed E-state index contributed by atoms with van der Waals surface area (Å²) in [6, 6.07) is 16.5. The van der Waals surface area contributed by atoms with Crippen LogP contribution in [0.2, 0.25) is 0 Å². The summed E-state index contributed by atoms with van der Waals surface area (Å²) in [6.45, 7) is -0.600. The van der Waals surface area contributed by atoms with Crippen LogP contribution in [0.3, 0.4) is 0 Å². The SMILES string of the molecule is O=C(NCCF)n1ccc2cc(Oc3ccnc4ccccc34)ccc21. The summed E-state index contributed by atoms with van der Waals surface area (Å²) in [5, 5.41) is 4.30. The Balaban J connectivity index is 1.65. The fourth-order valence-electron chi connectivity index (χ4n) is 2.89. The summed E-state index contributed by atoms with van der Waals surface area (Å²) in [6.07, 6.45) is 3.37. The van der Waals surface area contributed by atoms with Crippen LogP contribution in [0.4, 0.5) is 9.18 Å². The van der Waals surface area contributed by atoms with Crippen molar-refractivity contribution in [1.29, 1.82) is 0 Å². The van der Waals surface area contributed by atoms with Crippen molar-refractivity contribution in [1.82, 2.24) is 14.9 Å². The minimum Gasteiger partial charge on any atom is -0.457 e. The fraction of sp³-hybridized carbons (Fsp3) is 0.100. The van der Waals surface area contributed by atoms with E-state index in [1.54, 1.807) is 18.5 Å². The number of amides is 1. The van der Waals surface area contributed by atoms with Crippen molar-refractivity contribution in [3.63, 3.8) is 0 Å². The average Bonchev–Trinajstić information content (AvgIpc) is 3.10. The van der Waals surface area contributed by atoms with E-state index in [9.17, 15) is 9.18 Å². The van der Waals surface area contributed by atoms with E-state index in [0.717, 1.165) is 27.6 Å². The van der Waals surface area contributed by atoms with Crippen molar-refractivity contribution in [2.45, 2.75) is 0 Å². The molecule has 26 heavy (non-hydrogen) atoms. The zero-order valence-electron chi connectivity index (χ0n) is 13.9. The highest BCUT2D eigenvalue weighted by Crippen LogP contribution is 2.30. The molecule has 2 heterocycles. The Morgan fingerprint density at radius 2 is 2.04 bits per heavy atom. The maximum Gasteiger partial charge on any atom is 0.326 e. The van der Waals surface area contributed by atoms with Crippen LogP contribution in [0.15, 0.2) is 67.0 Å². The normalized spacial score (nSPS) is 11.0. The van der Waals surface area contributed by atoms with Crippen LogP contribution in [-0.2, 0) is 0 Å². The maximum absolute atomic E-state index is 12.2. The molecule has 0 saturated carbocycles. The second-order valence-corrected chi connectivity index (χ2v) is 5.76. The van der Waals surface area contributed by atoms with Gasteiger partial charge in [0.25, 0.3) is 0 Å². The van der Waals surface area contributed by atoms with Gasteiger partial charge in [-0.15, -0.1) is 0 Å². The molecule has 0 aliphatic carbocycles. The van der Waals surface area contributed by atoms with Gasteiger partial charge in [-0.1, -0.05) is 12.1 Å². The molecule has 2 aromatic heterocycles. The third kappa shape index (κ3) is 2.97. The van der Waals surface area contributed by atoms with Crippen LogP contribution < -0.4 is 10.1 Å². The Morgan fingerprint density at radius 1 is 1.15 bits per heavy atom. The molecular weight excluding hydrogens is 333 g/mol. The number of para-hydroxylation sites is 1. The van der Waals surface area contributed by atoms with E-state index in [0.29, 0.717) is 5.75 Å². The minimum absolute atomic E-state index is 0.00514. The van der Waals surface area contributed by atoms with Crippen LogP contribution in [0.5, 0.6) is 11.5 Å². The highest BCUT2D eigenvalue weighted by atomic mass is 19.1. The van der Waals surface area contributed by atoms with Gasteiger partial charge in [-0.25, -0.2) is 9.18 Å². The highest BCUT2D eigenvalue weighted by molar-refractivity contribution is 5.92. The largest absolute Gasteiger partial charge is 0.457 e. The monoisotopic (exact) mass is 349 g/mol. The number of benzene rings is 2. The predicted octanol–water partition coefficient (Wildman–Crippen LogP) is 4.51. The molecule has 2 aromatic carbocycles. The van der Waals surface area contributed by atoms with Gasteiger partial charge in [0.05, 0.1) is 11.0 Å². The van der Waals surface area contributed by atoms with Crippen molar-refractivity contribution >= 4 is 27.8 Å². The molecule has 0 aliphatic rings. The molecular formula is C20H16FN3O2. The predicted molar refractivity (Wildman–Crippen MR) is 98.5 cm³/mol. The Hall–Kier alpha value is -3.41. The van der Waals surface area contributed by atoms with Crippen molar-refractivity contribution in [3.05, 3.63) is 67.0 Å². The lowest BCUT2D eigenvalue weighted by molar-refractivity contribution is 0.242. The molecule has 0 fully saturated rings. The van der Waals surface area contributed by atoms with Crippen LogP contribution in [0.25, 0.3) is 21.8 Å². The molecule has 1 amide bonds. The van der Waals surface area contributed by atoms with Gasteiger partial charge in [0, 0.05) is 29.7 Å².